The summed E-state index contributed by atoms with van der Waals surface area (Å²) in [6, 6.07) is -3.52. The maximum Gasteiger partial charge on any atom is 0.308 e. The van der Waals surface area contributed by atoms with Crippen molar-refractivity contribution in [3.63, 3.8) is 0 Å². The number of likely N-dealkylation sites (N-methyl/N-ethyl adjacent to an activating group) is 2. The number of amides is 5. The second-order valence-electron chi connectivity index (χ2n) is 12.2. The molecule has 12 nitrogen and oxygen atoms in total. The zero-order valence-electron chi connectivity index (χ0n) is 26.8. The highest BCUT2D eigenvalue weighted by atomic mass is 16.5. The van der Waals surface area contributed by atoms with Crippen LogP contribution < -0.4 is 10.6 Å². The summed E-state index contributed by atoms with van der Waals surface area (Å²) in [7, 11) is 3.04. The molecule has 0 aliphatic carbocycles. The third-order valence-electron chi connectivity index (χ3n) is 8.86. The van der Waals surface area contributed by atoms with Gasteiger partial charge in [0.2, 0.25) is 23.6 Å². The number of carbonyl (C=O) groups is 6. The predicted octanol–water partition coefficient (Wildman–Crippen LogP) is 1.32. The van der Waals surface area contributed by atoms with E-state index in [-0.39, 0.29) is 30.7 Å². The molecule has 42 heavy (non-hydrogen) atoms. The molecule has 7 atom stereocenters. The zero-order valence-corrected chi connectivity index (χ0v) is 26.8. The topological polar surface area (TPSA) is 145 Å². The van der Waals surface area contributed by atoms with E-state index in [1.54, 1.807) is 14.0 Å². The molecule has 12 heteroatoms. The van der Waals surface area contributed by atoms with Gasteiger partial charge in [-0.1, -0.05) is 48.0 Å². The van der Waals surface area contributed by atoms with Crippen LogP contribution in [0, 0.1) is 17.8 Å². The lowest BCUT2D eigenvalue weighted by Gasteiger charge is -2.38. The van der Waals surface area contributed by atoms with Crippen molar-refractivity contribution in [1.82, 2.24) is 25.3 Å². The number of rotatable bonds is 5. The first-order chi connectivity index (χ1) is 19.7. The quantitative estimate of drug-likeness (QED) is 0.457. The Balaban J connectivity index is 2.55. The van der Waals surface area contributed by atoms with E-state index in [2.05, 4.69) is 10.6 Å². The predicted molar refractivity (Wildman–Crippen MR) is 157 cm³/mol. The lowest BCUT2D eigenvalue weighted by Crippen LogP contribution is -2.61. The molecule has 7 unspecified atom stereocenters. The van der Waals surface area contributed by atoms with E-state index in [0.29, 0.717) is 32.2 Å². The molecule has 5 amide bonds. The molecule has 0 saturated carbocycles. The smallest absolute Gasteiger partial charge is 0.308 e. The molecule has 2 N–H and O–H groups in total. The molecule has 238 valence electrons. The van der Waals surface area contributed by atoms with Gasteiger partial charge in [0, 0.05) is 33.1 Å². The molecule has 0 aromatic rings. The maximum atomic E-state index is 13.9. The number of hydrogen-bond acceptors (Lipinski definition) is 7. The van der Waals surface area contributed by atoms with Crippen molar-refractivity contribution < 1.29 is 33.5 Å². The first kappa shape index (κ1) is 35.0. The number of hydrogen-bond donors (Lipinski definition) is 2. The lowest BCUT2D eigenvalue weighted by molar-refractivity contribution is -0.165. The van der Waals surface area contributed by atoms with E-state index >= 15 is 0 Å². The zero-order chi connectivity index (χ0) is 31.9. The van der Waals surface area contributed by atoms with Gasteiger partial charge >= 0.3 is 5.97 Å². The van der Waals surface area contributed by atoms with Crippen LogP contribution in [0.15, 0.2) is 0 Å². The molecule has 0 bridgehead atoms. The van der Waals surface area contributed by atoms with Gasteiger partial charge in [-0.25, -0.2) is 0 Å². The highest BCUT2D eigenvalue weighted by Gasteiger charge is 2.43. The van der Waals surface area contributed by atoms with E-state index in [1.165, 1.54) is 21.7 Å². The Kier molecular flexibility index (Phi) is 12.8. The Hall–Kier alpha value is -3.18. The molecule has 2 aliphatic rings. The van der Waals surface area contributed by atoms with Gasteiger partial charge in [0.25, 0.3) is 5.91 Å². The van der Waals surface area contributed by atoms with Crippen LogP contribution in [0.5, 0.6) is 0 Å². The minimum Gasteiger partial charge on any atom is -0.452 e. The van der Waals surface area contributed by atoms with Crippen molar-refractivity contribution in [3.8, 4) is 0 Å². The molecule has 2 fully saturated rings. The van der Waals surface area contributed by atoms with E-state index in [0.717, 1.165) is 0 Å². The average Bonchev–Trinajstić information content (AvgIpc) is 3.45. The van der Waals surface area contributed by atoms with Gasteiger partial charge in [-0.15, -0.1) is 0 Å². The van der Waals surface area contributed by atoms with E-state index in [1.807, 2.05) is 41.5 Å². The first-order valence-electron chi connectivity index (χ1n) is 15.3. The highest BCUT2D eigenvalue weighted by molar-refractivity contribution is 5.96. The van der Waals surface area contributed by atoms with Gasteiger partial charge < -0.3 is 30.1 Å². The SMILES string of the molecule is CCC(C)C1NC(=O)C2CCCN2C(=O)C(C(C)CC)OC(=O)CCNC(=O)C(C)N(C)C(=O)C(C(C)C)N(C)C1=O. The second kappa shape index (κ2) is 15.3. The Morgan fingerprint density at radius 2 is 1.48 bits per heavy atom. The molecule has 0 aromatic heterocycles. The Labute approximate surface area is 250 Å². The average molecular weight is 594 g/mol. The fourth-order valence-electron chi connectivity index (χ4n) is 5.49. The first-order valence-corrected chi connectivity index (χ1v) is 15.3. The van der Waals surface area contributed by atoms with Gasteiger partial charge in [-0.05, 0) is 38.0 Å². The summed E-state index contributed by atoms with van der Waals surface area (Å²) in [6.45, 7) is 13.0. The molecule has 2 rings (SSSR count). The number of nitrogens with one attached hydrogen (secondary N) is 2. The Bertz CT molecular complexity index is 1020. The van der Waals surface area contributed by atoms with Crippen molar-refractivity contribution in [2.24, 2.45) is 17.8 Å². The highest BCUT2D eigenvalue weighted by Crippen LogP contribution is 2.25. The van der Waals surface area contributed by atoms with Crippen molar-refractivity contribution in [3.05, 3.63) is 0 Å². The summed E-state index contributed by atoms with van der Waals surface area (Å²) in [5.74, 6) is -3.70. The maximum absolute atomic E-state index is 13.9. The van der Waals surface area contributed by atoms with E-state index in [4.69, 9.17) is 4.74 Å². The summed E-state index contributed by atoms with van der Waals surface area (Å²) in [5.41, 5.74) is 0. The van der Waals surface area contributed by atoms with Crippen molar-refractivity contribution >= 4 is 35.5 Å². The standard InChI is InChI=1S/C30H51N5O7/c1-10-18(5)23-28(39)34(9)24(17(3)4)29(40)33(8)20(7)26(37)31-15-14-22(36)42-25(19(6)11-2)30(41)35-16-12-13-21(35)27(38)32-23/h17-21,23-25H,10-16H2,1-9H3,(H,31,37)(H,32,38). The van der Waals surface area contributed by atoms with Crippen LogP contribution in [0.2, 0.25) is 0 Å². The summed E-state index contributed by atoms with van der Waals surface area (Å²) in [4.78, 5) is 84.8. The number of fused-ring (bicyclic) bond motifs is 1. The van der Waals surface area contributed by atoms with E-state index in [9.17, 15) is 28.8 Å². The fraction of sp³-hybridized carbons (Fsp3) is 0.800. The minimum atomic E-state index is -1.08. The number of nitrogens with zero attached hydrogens (tertiary/aromatic N) is 3. The summed E-state index contributed by atoms with van der Waals surface area (Å²) in [6.07, 6.45) is 0.910. The van der Waals surface area contributed by atoms with Gasteiger partial charge in [0.1, 0.15) is 24.2 Å². The van der Waals surface area contributed by atoms with Gasteiger partial charge in [-0.3, -0.25) is 28.8 Å². The summed E-state index contributed by atoms with van der Waals surface area (Å²) < 4.78 is 5.63. The van der Waals surface area contributed by atoms with Crippen LogP contribution in [-0.4, -0.2) is 108 Å². The Morgan fingerprint density at radius 1 is 0.857 bits per heavy atom. The summed E-state index contributed by atoms with van der Waals surface area (Å²) in [5, 5.41) is 5.57. The van der Waals surface area contributed by atoms with Crippen LogP contribution in [0.25, 0.3) is 0 Å². The van der Waals surface area contributed by atoms with Crippen LogP contribution in [0.1, 0.15) is 80.6 Å². The largest absolute Gasteiger partial charge is 0.452 e. The number of carbonyl (C=O) groups excluding carboxylic acids is 6. The van der Waals surface area contributed by atoms with E-state index < -0.39 is 65.8 Å². The molecule has 0 radical (unpaired) electrons. The lowest BCUT2D eigenvalue weighted by atomic mass is 9.94. The molecule has 2 saturated heterocycles. The van der Waals surface area contributed by atoms with Gasteiger partial charge in [-0.2, -0.15) is 0 Å². The third kappa shape index (κ3) is 8.01. The van der Waals surface area contributed by atoms with Gasteiger partial charge in [0.05, 0.1) is 6.42 Å². The van der Waals surface area contributed by atoms with Crippen molar-refractivity contribution in [2.75, 3.05) is 27.2 Å². The fourth-order valence-corrected chi connectivity index (χ4v) is 5.49. The molecule has 0 spiro atoms. The minimum absolute atomic E-state index is 0.0389. The molecule has 0 aromatic carbocycles. The summed E-state index contributed by atoms with van der Waals surface area (Å²) >= 11 is 0. The molecular weight excluding hydrogens is 542 g/mol. The van der Waals surface area contributed by atoms with Crippen LogP contribution in [0.4, 0.5) is 0 Å². The number of esters is 1. The number of ether oxygens (including phenoxy) is 1. The van der Waals surface area contributed by atoms with Crippen molar-refractivity contribution in [2.45, 2.75) is 111 Å². The molecule has 2 heterocycles. The molecule has 2 aliphatic heterocycles. The Morgan fingerprint density at radius 3 is 2.05 bits per heavy atom. The normalized spacial score (nSPS) is 29.3. The van der Waals surface area contributed by atoms with Crippen LogP contribution in [-0.2, 0) is 33.5 Å². The molecular formula is C30H51N5O7. The van der Waals surface area contributed by atoms with Crippen LogP contribution >= 0.6 is 0 Å². The second-order valence-corrected chi connectivity index (χ2v) is 12.2. The van der Waals surface area contributed by atoms with Gasteiger partial charge in [0.15, 0.2) is 6.10 Å². The van der Waals surface area contributed by atoms with Crippen molar-refractivity contribution in [1.29, 1.82) is 0 Å². The van der Waals surface area contributed by atoms with Crippen LogP contribution in [0.3, 0.4) is 0 Å². The third-order valence-corrected chi connectivity index (χ3v) is 8.86. The number of cyclic esters (lactones) is 1. The monoisotopic (exact) mass is 593 g/mol.